The predicted molar refractivity (Wildman–Crippen MR) is 83.6 cm³/mol. The lowest BCUT2D eigenvalue weighted by Gasteiger charge is -2.57. The topological polar surface area (TPSA) is 86.6 Å². The summed E-state index contributed by atoms with van der Waals surface area (Å²) in [6, 6.07) is 4.99. The van der Waals surface area contributed by atoms with Crippen LogP contribution in [0.5, 0.6) is 0 Å². The number of halogens is 1. The van der Waals surface area contributed by atoms with E-state index < -0.39 is 32.3 Å². The van der Waals surface area contributed by atoms with Crippen LogP contribution in [0.1, 0.15) is 49.8 Å². The van der Waals surface area contributed by atoms with E-state index in [1.165, 1.54) is 24.3 Å². The molecule has 0 aromatic heterocycles. The van der Waals surface area contributed by atoms with Crippen molar-refractivity contribution in [1.82, 2.24) is 4.72 Å². The Bertz CT molecular complexity index is 679. The zero-order valence-corrected chi connectivity index (χ0v) is 13.8. The van der Waals surface area contributed by atoms with Crippen molar-refractivity contribution in [3.63, 3.8) is 0 Å². The highest BCUT2D eigenvalue weighted by atomic mass is 32.2. The Kier molecular flexibility index (Phi) is 4.03. The van der Waals surface area contributed by atoms with Crippen molar-refractivity contribution in [1.29, 1.82) is 0 Å². The molecule has 0 aliphatic heterocycles. The van der Waals surface area contributed by atoms with E-state index in [2.05, 4.69) is 4.72 Å². The SMILES string of the molecule is CC(c1ccc(F)cc1)S(=O)(=O)NC1CC(O)(C2(O)CCC2)C1. The van der Waals surface area contributed by atoms with Gasteiger partial charge in [0.1, 0.15) is 5.82 Å². The molecule has 2 fully saturated rings. The molecule has 3 rings (SSSR count). The molecule has 0 amide bonds. The molecule has 0 spiro atoms. The van der Waals surface area contributed by atoms with Crippen molar-refractivity contribution in [3.8, 4) is 0 Å². The van der Waals surface area contributed by atoms with Crippen LogP contribution in [0.3, 0.4) is 0 Å². The van der Waals surface area contributed by atoms with Gasteiger partial charge in [-0.3, -0.25) is 0 Å². The van der Waals surface area contributed by atoms with Gasteiger partial charge in [-0.25, -0.2) is 17.5 Å². The molecule has 5 nitrogen and oxygen atoms in total. The minimum absolute atomic E-state index is 0.221. The molecule has 23 heavy (non-hydrogen) atoms. The van der Waals surface area contributed by atoms with Gasteiger partial charge in [-0.1, -0.05) is 12.1 Å². The third kappa shape index (κ3) is 2.91. The predicted octanol–water partition coefficient (Wildman–Crippen LogP) is 1.61. The van der Waals surface area contributed by atoms with Gasteiger partial charge < -0.3 is 10.2 Å². The van der Waals surface area contributed by atoms with Gasteiger partial charge in [0.15, 0.2) is 0 Å². The molecule has 1 unspecified atom stereocenters. The summed E-state index contributed by atoms with van der Waals surface area (Å²) in [6.45, 7) is 1.54. The first-order valence-electron chi connectivity index (χ1n) is 7.87. The fourth-order valence-electron chi connectivity index (χ4n) is 3.44. The van der Waals surface area contributed by atoms with Gasteiger partial charge >= 0.3 is 0 Å². The van der Waals surface area contributed by atoms with Crippen molar-refractivity contribution in [2.45, 2.75) is 61.5 Å². The second-order valence-corrected chi connectivity index (χ2v) is 8.91. The number of hydrogen-bond acceptors (Lipinski definition) is 4. The Morgan fingerprint density at radius 3 is 2.22 bits per heavy atom. The monoisotopic (exact) mass is 343 g/mol. The van der Waals surface area contributed by atoms with Crippen molar-refractivity contribution < 1.29 is 23.0 Å². The molecule has 0 radical (unpaired) electrons. The maximum Gasteiger partial charge on any atom is 0.218 e. The van der Waals surface area contributed by atoms with E-state index in [4.69, 9.17) is 0 Å². The molecule has 2 aliphatic carbocycles. The maximum absolute atomic E-state index is 12.9. The summed E-state index contributed by atoms with van der Waals surface area (Å²) in [6.07, 6.45) is 2.46. The van der Waals surface area contributed by atoms with Gasteiger partial charge in [-0.2, -0.15) is 0 Å². The highest BCUT2D eigenvalue weighted by Gasteiger charge is 2.60. The summed E-state index contributed by atoms with van der Waals surface area (Å²) >= 11 is 0. The zero-order chi connectivity index (χ0) is 16.9. The quantitative estimate of drug-likeness (QED) is 0.758. The third-order valence-corrected chi connectivity index (χ3v) is 7.22. The number of aliphatic hydroxyl groups is 2. The minimum Gasteiger partial charge on any atom is -0.387 e. The molecular weight excluding hydrogens is 321 g/mol. The molecule has 3 N–H and O–H groups in total. The van der Waals surface area contributed by atoms with Gasteiger partial charge in [0.05, 0.1) is 16.5 Å². The van der Waals surface area contributed by atoms with Crippen LogP contribution in [-0.2, 0) is 10.0 Å². The molecule has 1 atom stereocenters. The smallest absolute Gasteiger partial charge is 0.218 e. The second-order valence-electron chi connectivity index (χ2n) is 6.88. The van der Waals surface area contributed by atoms with Crippen LogP contribution in [0.15, 0.2) is 24.3 Å². The van der Waals surface area contributed by atoms with E-state index in [0.29, 0.717) is 18.4 Å². The minimum atomic E-state index is -3.64. The summed E-state index contributed by atoms with van der Waals surface area (Å²) in [7, 11) is -3.64. The van der Waals surface area contributed by atoms with Crippen LogP contribution in [0, 0.1) is 5.82 Å². The van der Waals surface area contributed by atoms with Crippen LogP contribution >= 0.6 is 0 Å². The van der Waals surface area contributed by atoms with E-state index in [0.717, 1.165) is 6.42 Å². The molecule has 0 saturated heterocycles. The van der Waals surface area contributed by atoms with Gasteiger partial charge in [-0.15, -0.1) is 0 Å². The first-order chi connectivity index (χ1) is 10.7. The Hall–Kier alpha value is -1.02. The van der Waals surface area contributed by atoms with Gasteiger partial charge in [-0.05, 0) is 56.7 Å². The number of hydrogen-bond donors (Lipinski definition) is 3. The molecule has 0 heterocycles. The summed E-state index contributed by atoms with van der Waals surface area (Å²) < 4.78 is 40.4. The van der Waals surface area contributed by atoms with E-state index in [-0.39, 0.29) is 18.9 Å². The Morgan fingerprint density at radius 2 is 1.74 bits per heavy atom. The van der Waals surface area contributed by atoms with Crippen LogP contribution in [-0.4, -0.2) is 35.9 Å². The van der Waals surface area contributed by atoms with E-state index in [1.807, 2.05) is 0 Å². The summed E-state index contributed by atoms with van der Waals surface area (Å²) in [5, 5.41) is 19.9. The van der Waals surface area contributed by atoms with Crippen molar-refractivity contribution >= 4 is 10.0 Å². The van der Waals surface area contributed by atoms with Crippen LogP contribution in [0.25, 0.3) is 0 Å². The van der Waals surface area contributed by atoms with Crippen LogP contribution < -0.4 is 4.72 Å². The largest absolute Gasteiger partial charge is 0.387 e. The molecule has 1 aromatic rings. The number of rotatable bonds is 5. The summed E-state index contributed by atoms with van der Waals surface area (Å²) in [5.74, 6) is -0.413. The molecule has 2 saturated carbocycles. The Labute approximate surface area is 135 Å². The zero-order valence-electron chi connectivity index (χ0n) is 13.0. The van der Waals surface area contributed by atoms with Gasteiger partial charge in [0.2, 0.25) is 10.0 Å². The normalized spacial score (nSPS) is 31.0. The molecule has 7 heteroatoms. The standard InChI is InChI=1S/C16H22FNO4S/c1-11(12-3-5-13(17)6-4-12)23(21,22)18-14-9-16(20,10-14)15(19)7-2-8-15/h3-6,11,14,18-20H,2,7-10H2,1H3. The van der Waals surface area contributed by atoms with E-state index >= 15 is 0 Å². The first kappa shape index (κ1) is 16.8. The lowest BCUT2D eigenvalue weighted by molar-refractivity contribution is -0.230. The fourth-order valence-corrected chi connectivity index (χ4v) is 4.79. The molecule has 128 valence electrons. The lowest BCUT2D eigenvalue weighted by Crippen LogP contribution is -2.69. The van der Waals surface area contributed by atoms with Crippen LogP contribution in [0.4, 0.5) is 4.39 Å². The Morgan fingerprint density at radius 1 is 1.17 bits per heavy atom. The summed E-state index contributed by atoms with van der Waals surface area (Å²) in [5.41, 5.74) is -1.74. The molecule has 2 aliphatic rings. The highest BCUT2D eigenvalue weighted by Crippen LogP contribution is 2.50. The van der Waals surface area contributed by atoms with E-state index in [1.54, 1.807) is 6.92 Å². The maximum atomic E-state index is 12.9. The van der Waals surface area contributed by atoms with Crippen molar-refractivity contribution in [2.75, 3.05) is 0 Å². The second kappa shape index (κ2) is 5.51. The number of nitrogens with one attached hydrogen (secondary N) is 1. The van der Waals surface area contributed by atoms with Crippen molar-refractivity contribution in [3.05, 3.63) is 35.6 Å². The highest BCUT2D eigenvalue weighted by molar-refractivity contribution is 7.89. The average Bonchev–Trinajstić information content (AvgIpc) is 2.42. The number of benzene rings is 1. The first-order valence-corrected chi connectivity index (χ1v) is 9.41. The molecular formula is C16H22FNO4S. The van der Waals surface area contributed by atoms with Crippen LogP contribution in [0.2, 0.25) is 0 Å². The van der Waals surface area contributed by atoms with Gasteiger partial charge in [0.25, 0.3) is 0 Å². The fraction of sp³-hybridized carbons (Fsp3) is 0.625. The third-order valence-electron chi connectivity index (χ3n) is 5.35. The van der Waals surface area contributed by atoms with Crippen molar-refractivity contribution in [2.24, 2.45) is 0 Å². The summed E-state index contributed by atoms with van der Waals surface area (Å²) in [4.78, 5) is 0. The number of sulfonamides is 1. The average molecular weight is 343 g/mol. The molecule has 1 aromatic carbocycles. The Balaban J connectivity index is 1.63. The van der Waals surface area contributed by atoms with Gasteiger partial charge in [0, 0.05) is 6.04 Å². The lowest BCUT2D eigenvalue weighted by atomic mass is 9.58. The molecule has 0 bridgehead atoms. The van der Waals surface area contributed by atoms with E-state index in [9.17, 15) is 23.0 Å².